The maximum atomic E-state index is 12.2. The summed E-state index contributed by atoms with van der Waals surface area (Å²) in [5.41, 5.74) is -0.127. The Bertz CT molecular complexity index is 870. The standard InChI is InChI=1S/C20H24N2O7/c23-11-12(22-20(29)14-7-4-9-16(25)18(14)27)5-1-2-10-21-19(28)13-6-3-8-15(24)17(13)26/h3-4,6-9,12,23-27H,1-2,5,10-11H2,(H,21,28)(H,22,29)/t12-/m0/s1. The van der Waals surface area contributed by atoms with E-state index >= 15 is 0 Å². The smallest absolute Gasteiger partial charge is 0.255 e. The van der Waals surface area contributed by atoms with Crippen molar-refractivity contribution in [2.75, 3.05) is 13.2 Å². The van der Waals surface area contributed by atoms with Crippen LogP contribution in [-0.4, -0.2) is 56.5 Å². The molecule has 9 nitrogen and oxygen atoms in total. The molecule has 0 unspecified atom stereocenters. The molecule has 9 heteroatoms. The third-order valence-electron chi connectivity index (χ3n) is 4.34. The Kier molecular flexibility index (Phi) is 7.67. The number of nitrogens with one attached hydrogen (secondary N) is 2. The first-order valence-electron chi connectivity index (χ1n) is 9.07. The number of carbonyl (C=O) groups is 2. The van der Waals surface area contributed by atoms with E-state index in [1.807, 2.05) is 0 Å². The Morgan fingerprint density at radius 1 is 0.828 bits per heavy atom. The Morgan fingerprint density at radius 3 is 1.93 bits per heavy atom. The highest BCUT2D eigenvalue weighted by Crippen LogP contribution is 2.28. The van der Waals surface area contributed by atoms with Gasteiger partial charge in [-0.2, -0.15) is 0 Å². The molecule has 0 aromatic heterocycles. The van der Waals surface area contributed by atoms with Crippen LogP contribution in [0.25, 0.3) is 0 Å². The lowest BCUT2D eigenvalue weighted by Crippen LogP contribution is -2.37. The highest BCUT2D eigenvalue weighted by atomic mass is 16.3. The number of para-hydroxylation sites is 2. The highest BCUT2D eigenvalue weighted by molar-refractivity contribution is 5.98. The van der Waals surface area contributed by atoms with Gasteiger partial charge in [0.25, 0.3) is 11.8 Å². The van der Waals surface area contributed by atoms with E-state index in [-0.39, 0.29) is 23.5 Å². The first-order valence-corrected chi connectivity index (χ1v) is 9.07. The number of aliphatic hydroxyl groups excluding tert-OH is 1. The van der Waals surface area contributed by atoms with Crippen molar-refractivity contribution < 1.29 is 35.1 Å². The molecule has 0 saturated carbocycles. The zero-order valence-corrected chi connectivity index (χ0v) is 15.6. The first kappa shape index (κ1) is 21.8. The first-order chi connectivity index (χ1) is 13.8. The van der Waals surface area contributed by atoms with Gasteiger partial charge in [0.2, 0.25) is 0 Å². The molecular formula is C20H24N2O7. The molecule has 0 aliphatic carbocycles. The summed E-state index contributed by atoms with van der Waals surface area (Å²) >= 11 is 0. The minimum atomic E-state index is -0.620. The zero-order chi connectivity index (χ0) is 21.4. The van der Waals surface area contributed by atoms with E-state index in [0.29, 0.717) is 25.8 Å². The molecule has 0 aliphatic heterocycles. The monoisotopic (exact) mass is 404 g/mol. The normalized spacial score (nSPS) is 11.6. The maximum Gasteiger partial charge on any atom is 0.255 e. The van der Waals surface area contributed by atoms with Gasteiger partial charge >= 0.3 is 0 Å². The Balaban J connectivity index is 1.77. The number of amides is 2. The highest BCUT2D eigenvalue weighted by Gasteiger charge is 2.18. The molecule has 2 rings (SSSR count). The van der Waals surface area contributed by atoms with Gasteiger partial charge in [-0.05, 0) is 43.5 Å². The number of phenols is 4. The maximum absolute atomic E-state index is 12.2. The molecular weight excluding hydrogens is 380 g/mol. The van der Waals surface area contributed by atoms with E-state index in [1.54, 1.807) is 0 Å². The molecule has 0 radical (unpaired) electrons. The van der Waals surface area contributed by atoms with Gasteiger partial charge < -0.3 is 36.2 Å². The number of rotatable bonds is 9. The lowest BCUT2D eigenvalue weighted by Gasteiger charge is -2.17. The fourth-order valence-corrected chi connectivity index (χ4v) is 2.71. The van der Waals surface area contributed by atoms with Crippen molar-refractivity contribution in [3.63, 3.8) is 0 Å². The number of benzene rings is 2. The molecule has 2 aromatic carbocycles. The van der Waals surface area contributed by atoms with Crippen LogP contribution in [0.5, 0.6) is 23.0 Å². The minimum Gasteiger partial charge on any atom is -0.504 e. The number of carbonyl (C=O) groups excluding carboxylic acids is 2. The van der Waals surface area contributed by atoms with Crippen molar-refractivity contribution in [2.24, 2.45) is 0 Å². The molecule has 29 heavy (non-hydrogen) atoms. The molecule has 0 saturated heterocycles. The summed E-state index contributed by atoms with van der Waals surface area (Å²) in [5, 5.41) is 52.9. The Labute approximate surface area is 167 Å². The topological polar surface area (TPSA) is 159 Å². The fourth-order valence-electron chi connectivity index (χ4n) is 2.71. The number of aliphatic hydroxyl groups is 1. The van der Waals surface area contributed by atoms with E-state index in [4.69, 9.17) is 0 Å². The average Bonchev–Trinajstić information content (AvgIpc) is 2.70. The summed E-state index contributed by atoms with van der Waals surface area (Å²) < 4.78 is 0. The molecule has 0 bridgehead atoms. The number of hydrogen-bond donors (Lipinski definition) is 7. The summed E-state index contributed by atoms with van der Waals surface area (Å²) in [7, 11) is 0. The Morgan fingerprint density at radius 2 is 1.38 bits per heavy atom. The van der Waals surface area contributed by atoms with Crippen LogP contribution in [-0.2, 0) is 0 Å². The molecule has 1 atom stereocenters. The molecule has 2 amide bonds. The Hall–Kier alpha value is -3.46. The van der Waals surface area contributed by atoms with Gasteiger partial charge in [-0.15, -0.1) is 0 Å². The van der Waals surface area contributed by atoms with Crippen LogP contribution >= 0.6 is 0 Å². The SMILES string of the molecule is O=C(NCCCC[C@@H](CO)NC(=O)c1cccc(O)c1O)c1cccc(O)c1O. The number of phenolic OH excluding ortho intramolecular Hbond substituents is 4. The van der Waals surface area contributed by atoms with Gasteiger partial charge in [-0.25, -0.2) is 0 Å². The van der Waals surface area contributed by atoms with E-state index < -0.39 is 35.1 Å². The summed E-state index contributed by atoms with van der Waals surface area (Å²) in [4.78, 5) is 24.2. The predicted molar refractivity (Wildman–Crippen MR) is 104 cm³/mol. The molecule has 2 aromatic rings. The average molecular weight is 404 g/mol. The second-order valence-corrected chi connectivity index (χ2v) is 6.45. The summed E-state index contributed by atoms with van der Waals surface area (Å²) in [6.45, 7) is -0.0117. The molecule has 0 spiro atoms. The number of unbranched alkanes of at least 4 members (excludes halogenated alkanes) is 1. The molecule has 0 heterocycles. The van der Waals surface area contributed by atoms with Crippen LogP contribution in [0.4, 0.5) is 0 Å². The second kappa shape index (κ2) is 10.2. The zero-order valence-electron chi connectivity index (χ0n) is 15.6. The van der Waals surface area contributed by atoms with Crippen molar-refractivity contribution in [2.45, 2.75) is 25.3 Å². The van der Waals surface area contributed by atoms with Crippen LogP contribution < -0.4 is 10.6 Å². The van der Waals surface area contributed by atoms with Gasteiger partial charge in [-0.1, -0.05) is 12.1 Å². The minimum absolute atomic E-state index is 0.0311. The lowest BCUT2D eigenvalue weighted by atomic mass is 10.1. The van der Waals surface area contributed by atoms with E-state index in [9.17, 15) is 35.1 Å². The van der Waals surface area contributed by atoms with Crippen molar-refractivity contribution in [3.05, 3.63) is 47.5 Å². The lowest BCUT2D eigenvalue weighted by molar-refractivity contribution is 0.0908. The van der Waals surface area contributed by atoms with Crippen LogP contribution in [0.15, 0.2) is 36.4 Å². The van der Waals surface area contributed by atoms with Gasteiger partial charge in [-0.3, -0.25) is 9.59 Å². The third-order valence-corrected chi connectivity index (χ3v) is 4.34. The van der Waals surface area contributed by atoms with E-state index in [0.717, 1.165) is 0 Å². The summed E-state index contributed by atoms with van der Waals surface area (Å²) in [6.07, 6.45) is 1.55. The molecule has 0 fully saturated rings. The van der Waals surface area contributed by atoms with Gasteiger partial charge in [0.15, 0.2) is 23.0 Å². The van der Waals surface area contributed by atoms with E-state index in [1.165, 1.54) is 36.4 Å². The van der Waals surface area contributed by atoms with Crippen LogP contribution in [0, 0.1) is 0 Å². The number of aromatic hydroxyl groups is 4. The van der Waals surface area contributed by atoms with Crippen molar-refractivity contribution in [3.8, 4) is 23.0 Å². The van der Waals surface area contributed by atoms with Crippen LogP contribution in [0.1, 0.15) is 40.0 Å². The quantitative estimate of drug-likeness (QED) is 0.244. The van der Waals surface area contributed by atoms with Crippen molar-refractivity contribution in [1.82, 2.24) is 10.6 Å². The van der Waals surface area contributed by atoms with Crippen LogP contribution in [0.3, 0.4) is 0 Å². The molecule has 7 N–H and O–H groups in total. The molecule has 156 valence electrons. The van der Waals surface area contributed by atoms with E-state index in [2.05, 4.69) is 10.6 Å². The summed E-state index contributed by atoms with van der Waals surface area (Å²) in [6, 6.07) is 7.57. The van der Waals surface area contributed by atoms with Crippen molar-refractivity contribution >= 4 is 11.8 Å². The van der Waals surface area contributed by atoms with Gasteiger partial charge in [0.05, 0.1) is 23.8 Å². The number of hydrogen-bond acceptors (Lipinski definition) is 7. The fraction of sp³-hybridized carbons (Fsp3) is 0.300. The summed E-state index contributed by atoms with van der Waals surface area (Å²) in [5.74, 6) is -2.94. The van der Waals surface area contributed by atoms with Gasteiger partial charge in [0.1, 0.15) is 0 Å². The second-order valence-electron chi connectivity index (χ2n) is 6.45. The molecule has 0 aliphatic rings. The van der Waals surface area contributed by atoms with Crippen molar-refractivity contribution in [1.29, 1.82) is 0 Å². The van der Waals surface area contributed by atoms with Crippen LogP contribution in [0.2, 0.25) is 0 Å². The van der Waals surface area contributed by atoms with Gasteiger partial charge in [0, 0.05) is 6.54 Å². The largest absolute Gasteiger partial charge is 0.504 e. The third kappa shape index (κ3) is 5.76. The predicted octanol–water partition coefficient (Wildman–Crippen LogP) is 1.20.